The number of halogens is 1. The summed E-state index contributed by atoms with van der Waals surface area (Å²) in [5.74, 6) is -0.153. The number of hydrogen-bond acceptors (Lipinski definition) is 2. The number of pyridine rings is 1. The monoisotopic (exact) mass is 196 g/mol. The van der Waals surface area contributed by atoms with Gasteiger partial charge in [0.2, 0.25) is 5.91 Å². The summed E-state index contributed by atoms with van der Waals surface area (Å²) >= 11 is 5.59. The van der Waals surface area contributed by atoms with E-state index in [2.05, 4.69) is 16.9 Å². The number of nitrogens with one attached hydrogen (secondary N) is 1. The highest BCUT2D eigenvalue weighted by molar-refractivity contribution is 6.29. The molecule has 0 aliphatic carbocycles. The maximum absolute atomic E-state index is 10.7. The lowest BCUT2D eigenvalue weighted by atomic mass is 10.2. The van der Waals surface area contributed by atoms with Gasteiger partial charge in [0.25, 0.3) is 0 Å². The molecule has 1 rings (SSSR count). The molecule has 0 unspecified atom stereocenters. The Morgan fingerprint density at radius 2 is 2.31 bits per heavy atom. The molecule has 1 amide bonds. The molecule has 1 aromatic rings. The van der Waals surface area contributed by atoms with Crippen molar-refractivity contribution in [2.75, 3.05) is 0 Å². The van der Waals surface area contributed by atoms with Crippen molar-refractivity contribution in [1.29, 1.82) is 0 Å². The van der Waals surface area contributed by atoms with Gasteiger partial charge in [-0.3, -0.25) is 4.79 Å². The van der Waals surface area contributed by atoms with Crippen LogP contribution in [-0.2, 0) is 4.79 Å². The molecule has 3 nitrogen and oxygen atoms in total. The first kappa shape index (κ1) is 9.74. The Labute approximate surface area is 81.4 Å². The maximum atomic E-state index is 10.7. The van der Waals surface area contributed by atoms with Gasteiger partial charge in [-0.05, 0) is 12.1 Å². The summed E-state index contributed by atoms with van der Waals surface area (Å²) in [6, 6.07) is 3.39. The van der Waals surface area contributed by atoms with Crippen molar-refractivity contribution in [1.82, 2.24) is 10.3 Å². The second-order valence-electron chi connectivity index (χ2n) is 2.53. The zero-order chi connectivity index (χ0) is 9.84. The van der Waals surface area contributed by atoms with Gasteiger partial charge in [-0.2, -0.15) is 0 Å². The highest BCUT2D eigenvalue weighted by Gasteiger charge is 2.00. The first-order valence-electron chi connectivity index (χ1n) is 3.68. The summed E-state index contributed by atoms with van der Waals surface area (Å²) in [6.45, 7) is 5.10. The second-order valence-corrected chi connectivity index (χ2v) is 2.92. The molecular weight excluding hydrogens is 188 g/mol. The van der Waals surface area contributed by atoms with E-state index in [0.717, 1.165) is 5.56 Å². The van der Waals surface area contributed by atoms with Crippen molar-refractivity contribution >= 4 is 23.2 Å². The lowest BCUT2D eigenvalue weighted by Crippen LogP contribution is -2.17. The topological polar surface area (TPSA) is 42.0 Å². The van der Waals surface area contributed by atoms with Gasteiger partial charge in [-0.1, -0.05) is 18.2 Å². The van der Waals surface area contributed by atoms with Gasteiger partial charge in [0, 0.05) is 24.4 Å². The van der Waals surface area contributed by atoms with Crippen LogP contribution in [0.15, 0.2) is 24.9 Å². The van der Waals surface area contributed by atoms with Crippen LogP contribution in [-0.4, -0.2) is 10.9 Å². The highest BCUT2D eigenvalue weighted by atomic mass is 35.5. The first-order chi connectivity index (χ1) is 6.09. The molecule has 0 aliphatic rings. The molecule has 0 spiro atoms. The first-order valence-corrected chi connectivity index (χ1v) is 4.06. The third kappa shape index (κ3) is 2.87. The predicted molar refractivity (Wildman–Crippen MR) is 52.1 cm³/mol. The van der Waals surface area contributed by atoms with Crippen molar-refractivity contribution < 1.29 is 4.79 Å². The van der Waals surface area contributed by atoms with E-state index < -0.39 is 0 Å². The third-order valence-corrected chi connectivity index (χ3v) is 1.63. The molecule has 4 heteroatoms. The maximum Gasteiger partial charge on any atom is 0.221 e. The zero-order valence-corrected chi connectivity index (χ0v) is 7.93. The summed E-state index contributed by atoms with van der Waals surface area (Å²) in [4.78, 5) is 14.5. The quantitative estimate of drug-likeness (QED) is 0.734. The Morgan fingerprint density at radius 1 is 1.62 bits per heavy atom. The summed E-state index contributed by atoms with van der Waals surface area (Å²) in [5, 5.41) is 2.98. The molecule has 0 aliphatic heterocycles. The normalized spacial score (nSPS) is 9.38. The lowest BCUT2D eigenvalue weighted by Gasteiger charge is -2.04. The van der Waals surface area contributed by atoms with E-state index in [4.69, 9.17) is 11.6 Å². The number of hydrogen-bond donors (Lipinski definition) is 1. The standard InChI is InChI=1S/C9H9ClN2O/c1-6(12-7(2)13)8-3-4-9(10)11-5-8/h3-5H,1H2,2H3,(H,12,13). The van der Waals surface area contributed by atoms with Crippen LogP contribution in [0.1, 0.15) is 12.5 Å². The van der Waals surface area contributed by atoms with Gasteiger partial charge >= 0.3 is 0 Å². The fourth-order valence-electron chi connectivity index (χ4n) is 0.839. The Hall–Kier alpha value is -1.35. The number of nitrogens with zero attached hydrogens (tertiary/aromatic N) is 1. The van der Waals surface area contributed by atoms with Crippen molar-refractivity contribution in [3.8, 4) is 0 Å². The fourth-order valence-corrected chi connectivity index (χ4v) is 0.951. The molecule has 1 aromatic heterocycles. The molecule has 68 valence electrons. The summed E-state index contributed by atoms with van der Waals surface area (Å²) < 4.78 is 0. The van der Waals surface area contributed by atoms with E-state index in [1.165, 1.54) is 6.92 Å². The van der Waals surface area contributed by atoms with Gasteiger partial charge in [0.1, 0.15) is 5.15 Å². The molecule has 0 atom stereocenters. The van der Waals surface area contributed by atoms with Crippen LogP contribution in [0.5, 0.6) is 0 Å². The SMILES string of the molecule is C=C(NC(C)=O)c1ccc(Cl)nc1. The number of rotatable bonds is 2. The van der Waals surface area contributed by atoms with Crippen molar-refractivity contribution in [2.24, 2.45) is 0 Å². The molecular formula is C9H9ClN2O. The van der Waals surface area contributed by atoms with Gasteiger partial charge in [0.15, 0.2) is 0 Å². The third-order valence-electron chi connectivity index (χ3n) is 1.40. The number of amides is 1. The number of carbonyl (C=O) groups is 1. The Kier molecular flexibility index (Phi) is 3.03. The van der Waals surface area contributed by atoms with Crippen LogP contribution < -0.4 is 5.32 Å². The Balaban J connectivity index is 2.78. The molecule has 0 radical (unpaired) electrons. The highest BCUT2D eigenvalue weighted by Crippen LogP contribution is 2.10. The van der Waals surface area contributed by atoms with E-state index >= 15 is 0 Å². The van der Waals surface area contributed by atoms with Crippen molar-refractivity contribution in [3.63, 3.8) is 0 Å². The average molecular weight is 197 g/mol. The van der Waals surface area contributed by atoms with Crippen LogP contribution in [0, 0.1) is 0 Å². The largest absolute Gasteiger partial charge is 0.326 e. The van der Waals surface area contributed by atoms with E-state index in [1.807, 2.05) is 0 Å². The molecule has 0 saturated carbocycles. The molecule has 13 heavy (non-hydrogen) atoms. The van der Waals surface area contributed by atoms with E-state index in [9.17, 15) is 4.79 Å². The van der Waals surface area contributed by atoms with Gasteiger partial charge in [0.05, 0.1) is 0 Å². The van der Waals surface area contributed by atoms with Gasteiger partial charge < -0.3 is 5.32 Å². The van der Waals surface area contributed by atoms with Crippen LogP contribution in [0.2, 0.25) is 5.15 Å². The number of aromatic nitrogens is 1. The van der Waals surface area contributed by atoms with E-state index in [-0.39, 0.29) is 5.91 Å². The van der Waals surface area contributed by atoms with E-state index in [0.29, 0.717) is 10.9 Å². The summed E-state index contributed by atoms with van der Waals surface area (Å²) in [5.41, 5.74) is 1.27. The second kappa shape index (κ2) is 4.05. The van der Waals surface area contributed by atoms with Crippen LogP contribution in [0.3, 0.4) is 0 Å². The van der Waals surface area contributed by atoms with Crippen molar-refractivity contribution in [2.45, 2.75) is 6.92 Å². The fraction of sp³-hybridized carbons (Fsp3) is 0.111. The van der Waals surface area contributed by atoms with E-state index in [1.54, 1.807) is 18.3 Å². The smallest absolute Gasteiger partial charge is 0.221 e. The van der Waals surface area contributed by atoms with Crippen LogP contribution in [0.25, 0.3) is 5.70 Å². The van der Waals surface area contributed by atoms with Crippen LogP contribution in [0.4, 0.5) is 0 Å². The van der Waals surface area contributed by atoms with Gasteiger partial charge in [-0.15, -0.1) is 0 Å². The average Bonchev–Trinajstić information content (AvgIpc) is 2.04. The lowest BCUT2D eigenvalue weighted by molar-refractivity contribution is -0.117. The molecule has 0 bridgehead atoms. The predicted octanol–water partition coefficient (Wildman–Crippen LogP) is 1.84. The minimum Gasteiger partial charge on any atom is -0.326 e. The zero-order valence-electron chi connectivity index (χ0n) is 7.17. The van der Waals surface area contributed by atoms with Crippen LogP contribution >= 0.6 is 11.6 Å². The Bertz CT molecular complexity index is 332. The van der Waals surface area contributed by atoms with Gasteiger partial charge in [-0.25, -0.2) is 4.98 Å². The molecule has 0 fully saturated rings. The summed E-state index contributed by atoms with van der Waals surface area (Å²) in [7, 11) is 0. The molecule has 1 N–H and O–H groups in total. The molecule has 0 saturated heterocycles. The molecule has 0 aromatic carbocycles. The van der Waals surface area contributed by atoms with Crippen molar-refractivity contribution in [3.05, 3.63) is 35.6 Å². The Morgan fingerprint density at radius 3 is 2.77 bits per heavy atom. The molecule has 1 heterocycles. The number of carbonyl (C=O) groups excluding carboxylic acids is 1. The summed E-state index contributed by atoms with van der Waals surface area (Å²) in [6.07, 6.45) is 1.56. The minimum atomic E-state index is -0.153. The minimum absolute atomic E-state index is 0.153.